The van der Waals surface area contributed by atoms with E-state index in [0.29, 0.717) is 6.04 Å². The molecule has 20 heavy (non-hydrogen) atoms. The molecule has 2 heterocycles. The Morgan fingerprint density at radius 3 is 2.95 bits per heavy atom. The Hall–Kier alpha value is -0.450. The summed E-state index contributed by atoms with van der Waals surface area (Å²) in [5.74, 6) is 0.722. The van der Waals surface area contributed by atoms with Crippen LogP contribution in [0.3, 0.4) is 0 Å². The SMILES string of the molecule is CC(C)CNCC1CCCCN1Cc1ccc(Br)cn1. The minimum Gasteiger partial charge on any atom is -0.315 e. The van der Waals surface area contributed by atoms with Gasteiger partial charge in [0.1, 0.15) is 0 Å². The first kappa shape index (κ1) is 15.9. The van der Waals surface area contributed by atoms with E-state index >= 15 is 0 Å². The Morgan fingerprint density at radius 1 is 1.40 bits per heavy atom. The number of piperidine rings is 1. The lowest BCUT2D eigenvalue weighted by atomic mass is 10.0. The number of aromatic nitrogens is 1. The predicted molar refractivity (Wildman–Crippen MR) is 87.7 cm³/mol. The molecule has 1 atom stereocenters. The van der Waals surface area contributed by atoms with E-state index in [1.165, 1.54) is 31.5 Å². The van der Waals surface area contributed by atoms with E-state index in [1.54, 1.807) is 0 Å². The molecule has 4 heteroatoms. The summed E-state index contributed by atoms with van der Waals surface area (Å²) in [5, 5.41) is 3.61. The highest BCUT2D eigenvalue weighted by Gasteiger charge is 2.22. The van der Waals surface area contributed by atoms with Gasteiger partial charge in [0.2, 0.25) is 0 Å². The lowest BCUT2D eigenvalue weighted by molar-refractivity contribution is 0.135. The molecule has 1 fully saturated rings. The largest absolute Gasteiger partial charge is 0.315 e. The molecule has 2 rings (SSSR count). The number of nitrogens with zero attached hydrogens (tertiary/aromatic N) is 2. The zero-order valence-electron chi connectivity index (χ0n) is 12.6. The van der Waals surface area contributed by atoms with Gasteiger partial charge >= 0.3 is 0 Å². The van der Waals surface area contributed by atoms with Crippen LogP contribution in [0.5, 0.6) is 0 Å². The summed E-state index contributed by atoms with van der Waals surface area (Å²) < 4.78 is 1.05. The molecular weight excluding hydrogens is 314 g/mol. The summed E-state index contributed by atoms with van der Waals surface area (Å²) in [6, 6.07) is 4.86. The van der Waals surface area contributed by atoms with Gasteiger partial charge < -0.3 is 5.32 Å². The second-order valence-electron chi connectivity index (χ2n) is 6.14. The van der Waals surface area contributed by atoms with Crippen LogP contribution in [0.25, 0.3) is 0 Å². The van der Waals surface area contributed by atoms with Crippen molar-refractivity contribution in [1.29, 1.82) is 0 Å². The predicted octanol–water partition coefficient (Wildman–Crippen LogP) is 3.44. The van der Waals surface area contributed by atoms with Crippen LogP contribution in [0, 0.1) is 5.92 Å². The Bertz CT molecular complexity index is 391. The van der Waals surface area contributed by atoms with Crippen molar-refractivity contribution in [3.8, 4) is 0 Å². The molecule has 1 aliphatic heterocycles. The van der Waals surface area contributed by atoms with Crippen molar-refractivity contribution in [1.82, 2.24) is 15.2 Å². The van der Waals surface area contributed by atoms with E-state index in [0.717, 1.165) is 30.0 Å². The third-order valence-corrected chi connectivity index (χ3v) is 4.30. The maximum absolute atomic E-state index is 4.51. The number of hydrogen-bond donors (Lipinski definition) is 1. The lowest BCUT2D eigenvalue weighted by Gasteiger charge is -2.35. The zero-order chi connectivity index (χ0) is 14.4. The molecule has 0 radical (unpaired) electrons. The van der Waals surface area contributed by atoms with Gasteiger partial charge in [-0.3, -0.25) is 9.88 Å². The highest BCUT2D eigenvalue weighted by molar-refractivity contribution is 9.10. The van der Waals surface area contributed by atoms with E-state index < -0.39 is 0 Å². The summed E-state index contributed by atoms with van der Waals surface area (Å²) in [4.78, 5) is 7.10. The van der Waals surface area contributed by atoms with E-state index in [2.05, 4.69) is 57.1 Å². The maximum atomic E-state index is 4.51. The molecule has 1 saturated heterocycles. The number of nitrogens with one attached hydrogen (secondary N) is 1. The highest BCUT2D eigenvalue weighted by Crippen LogP contribution is 2.19. The van der Waals surface area contributed by atoms with Gasteiger partial charge in [-0.2, -0.15) is 0 Å². The standard InChI is InChI=1S/C16H26BrN3/c1-13(2)9-18-11-16-5-3-4-8-20(16)12-15-7-6-14(17)10-19-15/h6-7,10,13,16,18H,3-5,8-9,11-12H2,1-2H3. The number of likely N-dealkylation sites (tertiary alicyclic amines) is 1. The van der Waals surface area contributed by atoms with Gasteiger partial charge in [-0.25, -0.2) is 0 Å². The van der Waals surface area contributed by atoms with Crippen molar-refractivity contribution in [3.05, 3.63) is 28.5 Å². The molecule has 0 aromatic carbocycles. The number of pyridine rings is 1. The zero-order valence-corrected chi connectivity index (χ0v) is 14.2. The molecule has 0 amide bonds. The molecule has 1 aromatic rings. The van der Waals surface area contributed by atoms with Crippen LogP contribution in [-0.4, -0.2) is 35.6 Å². The first-order valence-electron chi connectivity index (χ1n) is 7.70. The molecule has 112 valence electrons. The molecule has 0 bridgehead atoms. The molecule has 0 spiro atoms. The molecular formula is C16H26BrN3. The fourth-order valence-corrected chi connectivity index (χ4v) is 2.98. The van der Waals surface area contributed by atoms with Crippen molar-refractivity contribution in [3.63, 3.8) is 0 Å². The van der Waals surface area contributed by atoms with E-state index in [4.69, 9.17) is 0 Å². The molecule has 1 aromatic heterocycles. The fraction of sp³-hybridized carbons (Fsp3) is 0.688. The second-order valence-corrected chi connectivity index (χ2v) is 7.06. The van der Waals surface area contributed by atoms with Crippen LogP contribution < -0.4 is 5.32 Å². The van der Waals surface area contributed by atoms with Crippen molar-refractivity contribution in [2.45, 2.75) is 45.7 Å². The van der Waals surface area contributed by atoms with Gasteiger partial charge in [0, 0.05) is 29.8 Å². The average molecular weight is 340 g/mol. The Balaban J connectivity index is 1.87. The normalized spacial score (nSPS) is 20.5. The Morgan fingerprint density at radius 2 is 2.25 bits per heavy atom. The first-order chi connectivity index (χ1) is 9.65. The molecule has 1 N–H and O–H groups in total. The topological polar surface area (TPSA) is 28.2 Å². The van der Waals surface area contributed by atoms with Gasteiger partial charge in [0.25, 0.3) is 0 Å². The molecule has 1 unspecified atom stereocenters. The minimum absolute atomic E-state index is 0.660. The summed E-state index contributed by atoms with van der Waals surface area (Å²) >= 11 is 3.44. The summed E-state index contributed by atoms with van der Waals surface area (Å²) in [5.41, 5.74) is 1.17. The number of halogens is 1. The molecule has 0 saturated carbocycles. The lowest BCUT2D eigenvalue weighted by Crippen LogP contribution is -2.45. The van der Waals surface area contributed by atoms with Crippen molar-refractivity contribution in [2.24, 2.45) is 5.92 Å². The van der Waals surface area contributed by atoms with Crippen molar-refractivity contribution < 1.29 is 0 Å². The molecule has 3 nitrogen and oxygen atoms in total. The van der Waals surface area contributed by atoms with Crippen LogP contribution in [-0.2, 0) is 6.54 Å². The quantitative estimate of drug-likeness (QED) is 0.860. The van der Waals surface area contributed by atoms with Crippen LogP contribution in [0.2, 0.25) is 0 Å². The van der Waals surface area contributed by atoms with Crippen LogP contribution in [0.1, 0.15) is 38.8 Å². The van der Waals surface area contributed by atoms with E-state index in [-0.39, 0.29) is 0 Å². The second kappa shape index (κ2) is 8.11. The van der Waals surface area contributed by atoms with Gasteiger partial charge in [-0.05, 0) is 59.9 Å². The van der Waals surface area contributed by atoms with Crippen molar-refractivity contribution >= 4 is 15.9 Å². The van der Waals surface area contributed by atoms with E-state index in [1.807, 2.05) is 6.20 Å². The van der Waals surface area contributed by atoms with Gasteiger partial charge in [0.15, 0.2) is 0 Å². The van der Waals surface area contributed by atoms with Crippen LogP contribution >= 0.6 is 15.9 Å². The Labute approximate surface area is 131 Å². The Kier molecular flexibility index (Phi) is 6.46. The smallest absolute Gasteiger partial charge is 0.0544 e. The maximum Gasteiger partial charge on any atom is 0.0544 e. The molecule has 0 aliphatic carbocycles. The summed E-state index contributed by atoms with van der Waals surface area (Å²) in [6.45, 7) is 8.91. The first-order valence-corrected chi connectivity index (χ1v) is 8.49. The van der Waals surface area contributed by atoms with Crippen LogP contribution in [0.15, 0.2) is 22.8 Å². The number of rotatable bonds is 6. The third-order valence-electron chi connectivity index (χ3n) is 3.84. The minimum atomic E-state index is 0.660. The molecule has 1 aliphatic rings. The van der Waals surface area contributed by atoms with Gasteiger partial charge in [-0.1, -0.05) is 20.3 Å². The summed E-state index contributed by atoms with van der Waals surface area (Å²) in [6.07, 6.45) is 5.88. The van der Waals surface area contributed by atoms with Crippen molar-refractivity contribution in [2.75, 3.05) is 19.6 Å². The third kappa shape index (κ3) is 5.15. The average Bonchev–Trinajstić information content (AvgIpc) is 2.43. The van der Waals surface area contributed by atoms with Gasteiger partial charge in [-0.15, -0.1) is 0 Å². The van der Waals surface area contributed by atoms with Crippen LogP contribution in [0.4, 0.5) is 0 Å². The monoisotopic (exact) mass is 339 g/mol. The highest BCUT2D eigenvalue weighted by atomic mass is 79.9. The number of hydrogen-bond acceptors (Lipinski definition) is 3. The van der Waals surface area contributed by atoms with E-state index in [9.17, 15) is 0 Å². The van der Waals surface area contributed by atoms with Gasteiger partial charge in [0.05, 0.1) is 5.69 Å². The fourth-order valence-electron chi connectivity index (χ4n) is 2.75. The summed E-state index contributed by atoms with van der Waals surface area (Å²) in [7, 11) is 0.